The summed E-state index contributed by atoms with van der Waals surface area (Å²) in [7, 11) is 1.43. The number of phenolic OH excluding ortho intramolecular Hbond substituents is 2. The van der Waals surface area contributed by atoms with Crippen molar-refractivity contribution >= 4 is 40.7 Å². The summed E-state index contributed by atoms with van der Waals surface area (Å²) >= 11 is 1.00. The van der Waals surface area contributed by atoms with Crippen LogP contribution >= 0.6 is 11.8 Å². The molecule has 150 valence electrons. The number of benzene rings is 2. The van der Waals surface area contributed by atoms with Crippen LogP contribution in [0.25, 0.3) is 0 Å². The maximum atomic E-state index is 12.7. The van der Waals surface area contributed by atoms with Crippen LogP contribution in [0.3, 0.4) is 0 Å². The molecule has 1 aliphatic rings. The van der Waals surface area contributed by atoms with Crippen LogP contribution in [0.1, 0.15) is 12.0 Å². The number of carbonyl (C=O) groups excluding carboxylic acids is 1. The summed E-state index contributed by atoms with van der Waals surface area (Å²) in [5, 5.41) is 35.6. The molecule has 3 N–H and O–H groups in total. The Morgan fingerprint density at radius 2 is 1.97 bits per heavy atom. The third-order valence-electron chi connectivity index (χ3n) is 3.96. The Kier molecular flexibility index (Phi) is 6.03. The molecule has 0 unspecified atom stereocenters. The number of carboxylic acid groups (broad SMARTS) is 1. The van der Waals surface area contributed by atoms with E-state index in [2.05, 4.69) is 10.2 Å². The monoisotopic (exact) mass is 415 g/mol. The third kappa shape index (κ3) is 4.66. The van der Waals surface area contributed by atoms with Crippen molar-refractivity contribution in [1.29, 1.82) is 0 Å². The SMILES string of the molecule is COc1cc(/C=N\N=C2/S[C@@H](CC(=O)O)C(=O)N2c2ccc(O)cc2)ccc1O. The van der Waals surface area contributed by atoms with Gasteiger partial charge in [0.2, 0.25) is 5.91 Å². The molecule has 0 saturated carbocycles. The van der Waals surface area contributed by atoms with Crippen LogP contribution in [0.4, 0.5) is 5.69 Å². The summed E-state index contributed by atoms with van der Waals surface area (Å²) in [6, 6.07) is 10.5. The number of nitrogens with zero attached hydrogens (tertiary/aromatic N) is 3. The van der Waals surface area contributed by atoms with Crippen molar-refractivity contribution in [2.75, 3.05) is 12.0 Å². The number of anilines is 1. The van der Waals surface area contributed by atoms with E-state index in [9.17, 15) is 19.8 Å². The predicted octanol–water partition coefficient (Wildman–Crippen LogP) is 2.42. The van der Waals surface area contributed by atoms with Gasteiger partial charge >= 0.3 is 5.97 Å². The summed E-state index contributed by atoms with van der Waals surface area (Å²) in [5.74, 6) is -1.22. The zero-order valence-electron chi connectivity index (χ0n) is 15.2. The number of hydrogen-bond acceptors (Lipinski definition) is 8. The van der Waals surface area contributed by atoms with Gasteiger partial charge in [0.25, 0.3) is 0 Å². The molecule has 3 rings (SSSR count). The predicted molar refractivity (Wildman–Crippen MR) is 109 cm³/mol. The van der Waals surface area contributed by atoms with E-state index in [1.807, 2.05) is 0 Å². The van der Waals surface area contributed by atoms with Gasteiger partial charge in [0, 0.05) is 0 Å². The maximum absolute atomic E-state index is 12.7. The molecule has 1 atom stereocenters. The first-order chi connectivity index (χ1) is 13.9. The first-order valence-corrected chi connectivity index (χ1v) is 9.26. The number of aliphatic carboxylic acids is 1. The zero-order chi connectivity index (χ0) is 21.0. The van der Waals surface area contributed by atoms with Gasteiger partial charge in [0.1, 0.15) is 11.0 Å². The lowest BCUT2D eigenvalue weighted by molar-refractivity contribution is -0.138. The van der Waals surface area contributed by atoms with Crippen molar-refractivity contribution in [3.63, 3.8) is 0 Å². The lowest BCUT2D eigenvalue weighted by Gasteiger charge is -2.15. The summed E-state index contributed by atoms with van der Waals surface area (Å²) in [6.07, 6.45) is 1.06. The molecule has 29 heavy (non-hydrogen) atoms. The standard InChI is InChI=1S/C19H17N3O6S/c1-28-15-8-11(2-7-14(15)24)10-20-21-19-22(12-3-5-13(23)6-4-12)18(27)16(29-19)9-17(25)26/h2-8,10,16,23-24H,9H2,1H3,(H,25,26)/b20-10-,21-19-/t16-/m0/s1. The van der Waals surface area contributed by atoms with E-state index in [-0.39, 0.29) is 28.8 Å². The Labute approximate surface area is 170 Å². The molecular formula is C19H17N3O6S. The van der Waals surface area contributed by atoms with Crippen LogP contribution in [0, 0.1) is 0 Å². The van der Waals surface area contributed by atoms with Gasteiger partial charge < -0.3 is 20.1 Å². The van der Waals surface area contributed by atoms with E-state index in [0.29, 0.717) is 11.3 Å². The fraction of sp³-hybridized carbons (Fsp3) is 0.158. The zero-order valence-corrected chi connectivity index (χ0v) is 16.0. The van der Waals surface area contributed by atoms with Gasteiger partial charge in [-0.25, -0.2) is 0 Å². The van der Waals surface area contributed by atoms with Crippen molar-refractivity contribution in [3.05, 3.63) is 48.0 Å². The summed E-state index contributed by atoms with van der Waals surface area (Å²) in [4.78, 5) is 25.0. The van der Waals surface area contributed by atoms with Gasteiger partial charge in [0.15, 0.2) is 16.7 Å². The first-order valence-electron chi connectivity index (χ1n) is 8.38. The van der Waals surface area contributed by atoms with Crippen LogP contribution in [-0.2, 0) is 9.59 Å². The Morgan fingerprint density at radius 1 is 1.24 bits per heavy atom. The van der Waals surface area contributed by atoms with Crippen molar-refractivity contribution in [3.8, 4) is 17.2 Å². The lowest BCUT2D eigenvalue weighted by atomic mass is 10.2. The lowest BCUT2D eigenvalue weighted by Crippen LogP contribution is -2.32. The van der Waals surface area contributed by atoms with Crippen molar-refractivity contribution in [2.45, 2.75) is 11.7 Å². The molecule has 1 heterocycles. The number of ether oxygens (including phenoxy) is 1. The van der Waals surface area contributed by atoms with Gasteiger partial charge in [0.05, 0.1) is 25.4 Å². The minimum Gasteiger partial charge on any atom is -0.508 e. The second kappa shape index (κ2) is 8.65. The number of carboxylic acids is 1. The Balaban J connectivity index is 1.89. The molecule has 1 saturated heterocycles. The average Bonchev–Trinajstić information content (AvgIpc) is 2.98. The number of amides is 1. The minimum absolute atomic E-state index is 0.0112. The van der Waals surface area contributed by atoms with E-state index >= 15 is 0 Å². The molecule has 2 aromatic rings. The molecule has 10 heteroatoms. The molecular weight excluding hydrogens is 398 g/mol. The van der Waals surface area contributed by atoms with Gasteiger partial charge in [-0.05, 0) is 48.0 Å². The smallest absolute Gasteiger partial charge is 0.305 e. The van der Waals surface area contributed by atoms with Gasteiger partial charge in [-0.3, -0.25) is 14.5 Å². The fourth-order valence-corrected chi connectivity index (χ4v) is 3.66. The van der Waals surface area contributed by atoms with Gasteiger partial charge in [-0.2, -0.15) is 5.10 Å². The van der Waals surface area contributed by atoms with Crippen LogP contribution in [0.2, 0.25) is 0 Å². The minimum atomic E-state index is -1.09. The van der Waals surface area contributed by atoms with Crippen LogP contribution in [0.15, 0.2) is 52.7 Å². The molecule has 1 aliphatic heterocycles. The van der Waals surface area contributed by atoms with E-state index < -0.39 is 17.1 Å². The highest BCUT2D eigenvalue weighted by molar-refractivity contribution is 8.16. The number of thioether (sulfide) groups is 1. The first kappa shape index (κ1) is 20.2. The second-order valence-corrected chi connectivity index (χ2v) is 7.12. The number of carbonyl (C=O) groups is 2. The van der Waals surface area contributed by atoms with Gasteiger partial charge in [-0.15, -0.1) is 5.10 Å². The number of phenols is 2. The maximum Gasteiger partial charge on any atom is 0.305 e. The van der Waals surface area contributed by atoms with E-state index in [0.717, 1.165) is 11.8 Å². The van der Waals surface area contributed by atoms with Crippen LogP contribution < -0.4 is 9.64 Å². The summed E-state index contributed by atoms with van der Waals surface area (Å²) in [6.45, 7) is 0. The molecule has 0 spiro atoms. The number of hydrogen-bond donors (Lipinski definition) is 3. The van der Waals surface area contributed by atoms with E-state index in [1.165, 1.54) is 48.6 Å². The third-order valence-corrected chi connectivity index (χ3v) is 5.08. The number of aromatic hydroxyl groups is 2. The average molecular weight is 415 g/mol. The highest BCUT2D eigenvalue weighted by Gasteiger charge is 2.40. The molecule has 0 bridgehead atoms. The highest BCUT2D eigenvalue weighted by Crippen LogP contribution is 2.34. The molecule has 0 radical (unpaired) electrons. The van der Waals surface area contributed by atoms with Gasteiger partial charge in [-0.1, -0.05) is 11.8 Å². The molecule has 9 nitrogen and oxygen atoms in total. The van der Waals surface area contributed by atoms with E-state index in [1.54, 1.807) is 12.1 Å². The summed E-state index contributed by atoms with van der Waals surface area (Å²) in [5.41, 5.74) is 1.05. The Bertz CT molecular complexity index is 990. The van der Waals surface area contributed by atoms with E-state index in [4.69, 9.17) is 9.84 Å². The molecule has 0 aliphatic carbocycles. The fourth-order valence-electron chi connectivity index (χ4n) is 2.58. The van der Waals surface area contributed by atoms with Crippen molar-refractivity contribution < 1.29 is 29.6 Å². The highest BCUT2D eigenvalue weighted by atomic mass is 32.2. The number of methoxy groups -OCH3 is 1. The number of rotatable bonds is 6. The molecule has 2 aromatic carbocycles. The largest absolute Gasteiger partial charge is 0.508 e. The van der Waals surface area contributed by atoms with Crippen LogP contribution in [-0.4, -0.2) is 50.9 Å². The van der Waals surface area contributed by atoms with Crippen molar-refractivity contribution in [1.82, 2.24) is 0 Å². The van der Waals surface area contributed by atoms with Crippen LogP contribution in [0.5, 0.6) is 17.2 Å². The Morgan fingerprint density at radius 3 is 2.62 bits per heavy atom. The molecule has 1 fully saturated rings. The topological polar surface area (TPSA) is 132 Å². The summed E-state index contributed by atoms with van der Waals surface area (Å²) < 4.78 is 5.03. The molecule has 1 amide bonds. The quantitative estimate of drug-likeness (QED) is 0.487. The number of amidine groups is 1. The molecule has 0 aromatic heterocycles. The van der Waals surface area contributed by atoms with Crippen molar-refractivity contribution in [2.24, 2.45) is 10.2 Å². The Hall–Kier alpha value is -3.53. The normalized spacial score (nSPS) is 18.0. The second-order valence-electron chi connectivity index (χ2n) is 5.95.